The molecule has 3 N–H and O–H groups in total. The molecular weight excluding hydrogens is 446 g/mol. The fourth-order valence-corrected chi connectivity index (χ4v) is 4.16. The molecule has 2 atom stereocenters. The Bertz CT molecular complexity index is 1160. The second-order valence-electron chi connectivity index (χ2n) is 7.42. The van der Waals surface area contributed by atoms with Gasteiger partial charge in [0.2, 0.25) is 0 Å². The Morgan fingerprint density at radius 3 is 2.48 bits per heavy atom. The van der Waals surface area contributed by atoms with E-state index in [1.807, 2.05) is 23.1 Å². The minimum atomic E-state index is -1.22. The number of carboxylic acid groups (broad SMARTS) is 2. The maximum atomic E-state index is 11.5. The van der Waals surface area contributed by atoms with E-state index in [0.29, 0.717) is 35.3 Å². The SMILES string of the molecule is COCCN1C(=S)N[C@@H](c2ccccn2)[C@H]1c1ccc(-c2cc(C(=O)O)cc(C(=O)O)c2)o1. The molecular formula is C23H21N3O6S. The fraction of sp³-hybridized carbons (Fsp3) is 0.217. The Kier molecular flexibility index (Phi) is 6.38. The Morgan fingerprint density at radius 2 is 1.88 bits per heavy atom. The van der Waals surface area contributed by atoms with Gasteiger partial charge < -0.3 is 29.6 Å². The number of nitrogens with zero attached hydrogens (tertiary/aromatic N) is 2. The highest BCUT2D eigenvalue weighted by atomic mass is 32.1. The van der Waals surface area contributed by atoms with E-state index in [1.165, 1.54) is 12.1 Å². The summed E-state index contributed by atoms with van der Waals surface area (Å²) in [5, 5.41) is 22.6. The predicted octanol–water partition coefficient (Wildman–Crippen LogP) is 3.36. The van der Waals surface area contributed by atoms with Gasteiger partial charge in [0.15, 0.2) is 5.11 Å². The van der Waals surface area contributed by atoms with Crippen molar-refractivity contribution < 1.29 is 29.0 Å². The molecule has 3 aromatic rings. The van der Waals surface area contributed by atoms with Crippen molar-refractivity contribution >= 4 is 29.3 Å². The first-order valence-electron chi connectivity index (χ1n) is 10.1. The molecule has 0 amide bonds. The highest BCUT2D eigenvalue weighted by molar-refractivity contribution is 7.80. The first-order valence-corrected chi connectivity index (χ1v) is 10.5. The van der Waals surface area contributed by atoms with Crippen molar-refractivity contribution in [2.24, 2.45) is 0 Å². The van der Waals surface area contributed by atoms with Crippen molar-refractivity contribution in [2.45, 2.75) is 12.1 Å². The highest BCUT2D eigenvalue weighted by Crippen LogP contribution is 2.40. The molecule has 0 unspecified atom stereocenters. The van der Waals surface area contributed by atoms with E-state index >= 15 is 0 Å². The summed E-state index contributed by atoms with van der Waals surface area (Å²) in [5.41, 5.74) is 0.855. The third kappa shape index (κ3) is 4.57. The number of hydrogen-bond donors (Lipinski definition) is 3. The minimum Gasteiger partial charge on any atom is -0.478 e. The Labute approximate surface area is 194 Å². The molecule has 0 radical (unpaired) electrons. The molecule has 0 spiro atoms. The number of methoxy groups -OCH3 is 1. The number of aromatic nitrogens is 1. The third-order valence-electron chi connectivity index (χ3n) is 5.36. The summed E-state index contributed by atoms with van der Waals surface area (Å²) < 4.78 is 11.4. The van der Waals surface area contributed by atoms with Gasteiger partial charge in [0.05, 0.1) is 29.5 Å². The average molecular weight is 468 g/mol. The molecule has 0 aliphatic carbocycles. The topological polar surface area (TPSA) is 125 Å². The fourth-order valence-electron chi connectivity index (χ4n) is 3.83. The molecule has 170 valence electrons. The van der Waals surface area contributed by atoms with Crippen LogP contribution >= 0.6 is 12.2 Å². The first kappa shape index (κ1) is 22.4. The van der Waals surface area contributed by atoms with Crippen LogP contribution in [-0.4, -0.2) is 57.4 Å². The van der Waals surface area contributed by atoms with E-state index in [9.17, 15) is 19.8 Å². The van der Waals surface area contributed by atoms with Crippen LogP contribution in [0.1, 0.15) is 44.3 Å². The molecule has 10 heteroatoms. The van der Waals surface area contributed by atoms with E-state index < -0.39 is 11.9 Å². The van der Waals surface area contributed by atoms with E-state index in [2.05, 4.69) is 10.3 Å². The predicted molar refractivity (Wildman–Crippen MR) is 122 cm³/mol. The second-order valence-corrected chi connectivity index (χ2v) is 7.81. The number of benzene rings is 1. The lowest BCUT2D eigenvalue weighted by Crippen LogP contribution is -2.32. The smallest absolute Gasteiger partial charge is 0.335 e. The molecule has 1 aromatic carbocycles. The summed E-state index contributed by atoms with van der Waals surface area (Å²) in [6, 6.07) is 12.3. The Morgan fingerprint density at radius 1 is 1.15 bits per heavy atom. The summed E-state index contributed by atoms with van der Waals surface area (Å²) in [5.74, 6) is -1.53. The summed E-state index contributed by atoms with van der Waals surface area (Å²) >= 11 is 5.56. The number of pyridine rings is 1. The van der Waals surface area contributed by atoms with Gasteiger partial charge in [-0.25, -0.2) is 9.59 Å². The molecule has 9 nitrogen and oxygen atoms in total. The summed E-state index contributed by atoms with van der Waals surface area (Å²) in [4.78, 5) is 29.4. The van der Waals surface area contributed by atoms with Gasteiger partial charge in [-0.1, -0.05) is 6.07 Å². The van der Waals surface area contributed by atoms with Crippen molar-refractivity contribution in [1.29, 1.82) is 0 Å². The molecule has 2 aromatic heterocycles. The number of aromatic carboxylic acids is 2. The molecule has 1 aliphatic rings. The van der Waals surface area contributed by atoms with E-state index in [0.717, 1.165) is 11.8 Å². The van der Waals surface area contributed by atoms with E-state index in [1.54, 1.807) is 25.4 Å². The van der Waals surface area contributed by atoms with Crippen molar-refractivity contribution in [3.05, 3.63) is 77.3 Å². The number of rotatable bonds is 8. The molecule has 0 saturated carbocycles. The largest absolute Gasteiger partial charge is 0.478 e. The van der Waals surface area contributed by atoms with Crippen molar-refractivity contribution in [3.63, 3.8) is 0 Å². The van der Waals surface area contributed by atoms with Crippen LogP contribution in [0.3, 0.4) is 0 Å². The zero-order valence-corrected chi connectivity index (χ0v) is 18.4. The van der Waals surface area contributed by atoms with Gasteiger partial charge in [-0.05, 0) is 54.7 Å². The van der Waals surface area contributed by atoms with Crippen LogP contribution in [0.25, 0.3) is 11.3 Å². The van der Waals surface area contributed by atoms with Crippen LogP contribution in [0.5, 0.6) is 0 Å². The Hall–Kier alpha value is -3.76. The monoisotopic (exact) mass is 467 g/mol. The number of carboxylic acids is 2. The molecule has 3 heterocycles. The lowest BCUT2D eigenvalue weighted by atomic mass is 10.0. The number of ether oxygens (including phenoxy) is 1. The van der Waals surface area contributed by atoms with Gasteiger partial charge in [-0.3, -0.25) is 4.98 Å². The van der Waals surface area contributed by atoms with Crippen LogP contribution in [0.15, 0.2) is 59.1 Å². The molecule has 1 aliphatic heterocycles. The van der Waals surface area contributed by atoms with Crippen LogP contribution in [0, 0.1) is 0 Å². The van der Waals surface area contributed by atoms with Crippen LogP contribution in [0.2, 0.25) is 0 Å². The van der Waals surface area contributed by atoms with Crippen molar-refractivity contribution in [3.8, 4) is 11.3 Å². The number of thiocarbonyl (C=S) groups is 1. The molecule has 4 rings (SSSR count). The zero-order chi connectivity index (χ0) is 23.5. The lowest BCUT2D eigenvalue weighted by molar-refractivity contribution is 0.0696. The average Bonchev–Trinajstić information content (AvgIpc) is 3.42. The molecule has 33 heavy (non-hydrogen) atoms. The summed E-state index contributed by atoms with van der Waals surface area (Å²) in [6.07, 6.45) is 1.70. The number of hydrogen-bond acceptors (Lipinski definition) is 6. The maximum absolute atomic E-state index is 11.5. The van der Waals surface area contributed by atoms with Crippen molar-refractivity contribution in [1.82, 2.24) is 15.2 Å². The summed E-state index contributed by atoms with van der Waals surface area (Å²) in [7, 11) is 1.61. The Balaban J connectivity index is 1.75. The highest BCUT2D eigenvalue weighted by Gasteiger charge is 2.41. The van der Waals surface area contributed by atoms with Crippen molar-refractivity contribution in [2.75, 3.05) is 20.3 Å². The minimum absolute atomic E-state index is 0.139. The van der Waals surface area contributed by atoms with Gasteiger partial charge >= 0.3 is 11.9 Å². The van der Waals surface area contributed by atoms with E-state index in [-0.39, 0.29) is 23.2 Å². The van der Waals surface area contributed by atoms with Gasteiger partial charge in [0, 0.05) is 25.4 Å². The number of furan rings is 1. The normalized spacial score (nSPS) is 17.7. The molecule has 0 bridgehead atoms. The van der Waals surface area contributed by atoms with Gasteiger partial charge in [-0.2, -0.15) is 0 Å². The summed E-state index contributed by atoms with van der Waals surface area (Å²) in [6.45, 7) is 0.966. The number of nitrogens with one attached hydrogen (secondary N) is 1. The second kappa shape index (κ2) is 9.39. The van der Waals surface area contributed by atoms with Gasteiger partial charge in [0.1, 0.15) is 17.6 Å². The van der Waals surface area contributed by atoms with Crippen LogP contribution in [0.4, 0.5) is 0 Å². The van der Waals surface area contributed by atoms with Crippen LogP contribution in [-0.2, 0) is 4.74 Å². The zero-order valence-electron chi connectivity index (χ0n) is 17.6. The van der Waals surface area contributed by atoms with E-state index in [4.69, 9.17) is 21.4 Å². The van der Waals surface area contributed by atoms with Gasteiger partial charge in [0.25, 0.3) is 0 Å². The first-order chi connectivity index (χ1) is 15.9. The standard InChI is InChI=1S/C23H21N3O6S/c1-31-9-8-26-20(19(25-23(26)33)16-4-2-3-7-24-16)18-6-5-17(32-18)13-10-14(21(27)28)12-15(11-13)22(29)30/h2-7,10-12,19-20H,8-9H2,1H3,(H,25,33)(H,27,28)(H,29,30)/t19-,20+/m0/s1. The third-order valence-corrected chi connectivity index (χ3v) is 5.72. The number of carbonyl (C=O) groups is 2. The maximum Gasteiger partial charge on any atom is 0.335 e. The quantitative estimate of drug-likeness (QED) is 0.425. The van der Waals surface area contributed by atoms with Crippen LogP contribution < -0.4 is 5.32 Å². The lowest BCUT2D eigenvalue weighted by Gasteiger charge is -2.25. The molecule has 1 saturated heterocycles. The van der Waals surface area contributed by atoms with Gasteiger partial charge in [-0.15, -0.1) is 0 Å². The molecule has 1 fully saturated rings.